The molecule has 1 saturated carbocycles. The van der Waals surface area contributed by atoms with Crippen LogP contribution in [0.1, 0.15) is 52.0 Å². The molecule has 1 amide bonds. The minimum atomic E-state index is -0.466. The summed E-state index contributed by atoms with van der Waals surface area (Å²) in [6.07, 6.45) is 4.75. The fourth-order valence-corrected chi connectivity index (χ4v) is 3.17. The Balaban J connectivity index is 2.07. The van der Waals surface area contributed by atoms with Crippen molar-refractivity contribution in [2.45, 2.75) is 57.9 Å². The van der Waals surface area contributed by atoms with Crippen LogP contribution < -0.4 is 11.1 Å². The van der Waals surface area contributed by atoms with Crippen LogP contribution in [-0.4, -0.2) is 18.5 Å². The van der Waals surface area contributed by atoms with Crippen molar-refractivity contribution in [3.05, 3.63) is 35.9 Å². The summed E-state index contributed by atoms with van der Waals surface area (Å²) in [5.74, 6) is -0.0373. The Morgan fingerprint density at radius 3 is 2.33 bits per heavy atom. The van der Waals surface area contributed by atoms with Crippen molar-refractivity contribution in [3.63, 3.8) is 0 Å². The molecule has 116 valence electrons. The number of hydrogen-bond donors (Lipinski definition) is 2. The molecule has 0 aliphatic heterocycles. The molecule has 0 bridgehead atoms. The number of amides is 1. The van der Waals surface area contributed by atoms with Crippen LogP contribution in [0.4, 0.5) is 0 Å². The quantitative estimate of drug-likeness (QED) is 0.895. The van der Waals surface area contributed by atoms with E-state index in [0.717, 1.165) is 12.8 Å². The van der Waals surface area contributed by atoms with E-state index in [1.807, 2.05) is 26.8 Å². The highest BCUT2D eigenvalue weighted by Crippen LogP contribution is 2.40. The molecule has 3 N–H and O–H groups in total. The van der Waals surface area contributed by atoms with Crippen LogP contribution in [0.15, 0.2) is 30.3 Å². The smallest absolute Gasteiger partial charge is 0.237 e. The van der Waals surface area contributed by atoms with Gasteiger partial charge in [-0.25, -0.2) is 0 Å². The Morgan fingerprint density at radius 1 is 1.24 bits per heavy atom. The maximum Gasteiger partial charge on any atom is 0.237 e. The molecule has 1 aromatic rings. The first-order chi connectivity index (χ1) is 9.85. The van der Waals surface area contributed by atoms with Gasteiger partial charge in [-0.3, -0.25) is 4.79 Å². The lowest BCUT2D eigenvalue weighted by Crippen LogP contribution is -2.51. The van der Waals surface area contributed by atoms with Crippen LogP contribution in [-0.2, 0) is 10.2 Å². The molecule has 0 unspecified atom stereocenters. The summed E-state index contributed by atoms with van der Waals surface area (Å²) in [4.78, 5) is 12.3. The maximum atomic E-state index is 12.3. The number of nitrogens with one attached hydrogen (secondary N) is 1. The molecule has 2 rings (SSSR count). The monoisotopic (exact) mass is 288 g/mol. The molecule has 21 heavy (non-hydrogen) atoms. The lowest BCUT2D eigenvalue weighted by atomic mass is 9.78. The highest BCUT2D eigenvalue weighted by Gasteiger charge is 2.37. The van der Waals surface area contributed by atoms with Gasteiger partial charge in [0.2, 0.25) is 5.91 Å². The number of carbonyl (C=O) groups excluding carboxylic acids is 1. The number of carbonyl (C=O) groups is 1. The first-order valence-corrected chi connectivity index (χ1v) is 7.94. The molecule has 1 aliphatic rings. The van der Waals surface area contributed by atoms with E-state index >= 15 is 0 Å². The zero-order valence-corrected chi connectivity index (χ0v) is 13.5. The van der Waals surface area contributed by atoms with Gasteiger partial charge in [0, 0.05) is 12.0 Å². The number of nitrogens with two attached hydrogens (primary N) is 1. The second-order valence-corrected chi connectivity index (χ2v) is 7.41. The van der Waals surface area contributed by atoms with E-state index in [9.17, 15) is 4.79 Å². The summed E-state index contributed by atoms with van der Waals surface area (Å²) in [5, 5.41) is 3.11. The minimum Gasteiger partial charge on any atom is -0.354 e. The van der Waals surface area contributed by atoms with Crippen LogP contribution in [0.3, 0.4) is 0 Å². The summed E-state index contributed by atoms with van der Waals surface area (Å²) in [5.41, 5.74) is 7.27. The van der Waals surface area contributed by atoms with Crippen molar-refractivity contribution in [1.29, 1.82) is 0 Å². The molecule has 1 atom stereocenters. The van der Waals surface area contributed by atoms with Crippen LogP contribution in [0.5, 0.6) is 0 Å². The molecule has 1 fully saturated rings. The van der Waals surface area contributed by atoms with Crippen LogP contribution in [0.25, 0.3) is 0 Å². The summed E-state index contributed by atoms with van der Waals surface area (Å²) in [6.45, 7) is 6.69. The van der Waals surface area contributed by atoms with Crippen LogP contribution in [0.2, 0.25) is 0 Å². The van der Waals surface area contributed by atoms with Gasteiger partial charge in [-0.1, -0.05) is 63.9 Å². The molecule has 3 nitrogen and oxygen atoms in total. The van der Waals surface area contributed by atoms with Crippen molar-refractivity contribution in [2.24, 2.45) is 11.1 Å². The Morgan fingerprint density at radius 2 is 1.81 bits per heavy atom. The highest BCUT2D eigenvalue weighted by atomic mass is 16.2. The maximum absolute atomic E-state index is 12.3. The van der Waals surface area contributed by atoms with Gasteiger partial charge in [0.25, 0.3) is 0 Å². The lowest BCUT2D eigenvalue weighted by Gasteiger charge is -2.32. The second-order valence-electron chi connectivity index (χ2n) is 7.41. The van der Waals surface area contributed by atoms with E-state index < -0.39 is 6.04 Å². The Kier molecular flexibility index (Phi) is 4.72. The van der Waals surface area contributed by atoms with E-state index in [1.165, 1.54) is 18.4 Å². The number of rotatable bonds is 4. The predicted molar refractivity (Wildman–Crippen MR) is 87.0 cm³/mol. The standard InChI is InChI=1S/C18H28N2O/c1-17(2,3)15(19)16(21)20-13-18(11-7-8-12-18)14-9-5-4-6-10-14/h4-6,9-10,15H,7-8,11-13,19H2,1-3H3,(H,20,21)/t15-/m1/s1. The highest BCUT2D eigenvalue weighted by molar-refractivity contribution is 5.82. The molecule has 0 aromatic heterocycles. The second kappa shape index (κ2) is 6.18. The van der Waals surface area contributed by atoms with Crippen molar-refractivity contribution in [1.82, 2.24) is 5.32 Å². The van der Waals surface area contributed by atoms with Crippen LogP contribution in [0, 0.1) is 5.41 Å². The molecule has 0 spiro atoms. The summed E-state index contributed by atoms with van der Waals surface area (Å²) >= 11 is 0. The van der Waals surface area contributed by atoms with Gasteiger partial charge in [0.05, 0.1) is 6.04 Å². The molecular formula is C18H28N2O. The molecule has 0 radical (unpaired) electrons. The van der Waals surface area contributed by atoms with Gasteiger partial charge in [-0.05, 0) is 23.8 Å². The lowest BCUT2D eigenvalue weighted by molar-refractivity contribution is -0.124. The number of hydrogen-bond acceptors (Lipinski definition) is 2. The van der Waals surface area contributed by atoms with E-state index in [1.54, 1.807) is 0 Å². The molecule has 0 saturated heterocycles. The van der Waals surface area contributed by atoms with Gasteiger partial charge in [0.15, 0.2) is 0 Å². The summed E-state index contributed by atoms with van der Waals surface area (Å²) in [6, 6.07) is 10.1. The molecule has 3 heteroatoms. The first-order valence-electron chi connectivity index (χ1n) is 7.94. The molecular weight excluding hydrogens is 260 g/mol. The zero-order chi connectivity index (χ0) is 15.5. The number of benzene rings is 1. The third kappa shape index (κ3) is 3.65. The third-order valence-electron chi connectivity index (χ3n) is 4.76. The molecule has 1 aromatic carbocycles. The van der Waals surface area contributed by atoms with Crippen LogP contribution >= 0.6 is 0 Å². The summed E-state index contributed by atoms with van der Waals surface area (Å²) < 4.78 is 0. The zero-order valence-electron chi connectivity index (χ0n) is 13.5. The van der Waals surface area contributed by atoms with E-state index in [0.29, 0.717) is 6.54 Å². The van der Waals surface area contributed by atoms with Crippen molar-refractivity contribution in [2.75, 3.05) is 6.54 Å². The minimum absolute atomic E-state index is 0.0373. The SMILES string of the molecule is CC(C)(C)[C@H](N)C(=O)NCC1(c2ccccc2)CCCC1. The fraction of sp³-hybridized carbons (Fsp3) is 0.611. The molecule has 0 heterocycles. The van der Waals surface area contributed by atoms with E-state index in [4.69, 9.17) is 5.73 Å². The third-order valence-corrected chi connectivity index (χ3v) is 4.76. The van der Waals surface area contributed by atoms with E-state index in [-0.39, 0.29) is 16.7 Å². The normalized spacial score (nSPS) is 19.2. The largest absolute Gasteiger partial charge is 0.354 e. The first kappa shape index (κ1) is 16.0. The van der Waals surface area contributed by atoms with Gasteiger partial charge >= 0.3 is 0 Å². The molecule has 1 aliphatic carbocycles. The Labute approximate surface area is 128 Å². The van der Waals surface area contributed by atoms with Crippen molar-refractivity contribution >= 4 is 5.91 Å². The van der Waals surface area contributed by atoms with Gasteiger partial charge < -0.3 is 11.1 Å². The fourth-order valence-electron chi connectivity index (χ4n) is 3.17. The van der Waals surface area contributed by atoms with Gasteiger partial charge in [-0.15, -0.1) is 0 Å². The predicted octanol–water partition coefficient (Wildman–Crippen LogP) is 2.99. The van der Waals surface area contributed by atoms with Gasteiger partial charge in [-0.2, -0.15) is 0 Å². The Bertz CT molecular complexity index is 470. The average molecular weight is 288 g/mol. The van der Waals surface area contributed by atoms with Gasteiger partial charge in [0.1, 0.15) is 0 Å². The van der Waals surface area contributed by atoms with Crippen molar-refractivity contribution in [3.8, 4) is 0 Å². The Hall–Kier alpha value is -1.35. The average Bonchev–Trinajstić information content (AvgIpc) is 2.94. The topological polar surface area (TPSA) is 55.1 Å². The van der Waals surface area contributed by atoms with E-state index in [2.05, 4.69) is 29.6 Å². The van der Waals surface area contributed by atoms with Crippen molar-refractivity contribution < 1.29 is 4.79 Å². The summed E-state index contributed by atoms with van der Waals surface area (Å²) in [7, 11) is 0.